The molecule has 4 nitrogen and oxygen atoms in total. The first-order valence-corrected chi connectivity index (χ1v) is 8.30. The summed E-state index contributed by atoms with van der Waals surface area (Å²) in [4.78, 5) is 20.7. The van der Waals surface area contributed by atoms with E-state index in [9.17, 15) is 4.79 Å². The normalized spacial score (nSPS) is 11.1. The molecule has 0 radical (unpaired) electrons. The van der Waals surface area contributed by atoms with Gasteiger partial charge < -0.3 is 4.90 Å². The molecule has 2 aromatic carbocycles. The highest BCUT2D eigenvalue weighted by atomic mass is 32.1. The fourth-order valence-corrected chi connectivity index (χ4v) is 3.45. The van der Waals surface area contributed by atoms with Gasteiger partial charge in [-0.3, -0.25) is 9.69 Å². The van der Waals surface area contributed by atoms with Crippen molar-refractivity contribution < 1.29 is 4.79 Å². The molecule has 0 atom stereocenters. The van der Waals surface area contributed by atoms with E-state index in [0.29, 0.717) is 13.1 Å². The third-order valence-electron chi connectivity index (χ3n) is 3.67. The standard InChI is InChI=1S/C18H19N3OS/c1-20(12-17-19-15-10-6-7-11-16(15)23-17)13-18(22)21(2)14-8-4-3-5-9-14/h3-11H,12-13H2,1-2H3. The molecule has 0 spiro atoms. The van der Waals surface area contributed by atoms with Gasteiger partial charge in [0.2, 0.25) is 5.91 Å². The van der Waals surface area contributed by atoms with Crippen LogP contribution in [0.3, 0.4) is 0 Å². The molecule has 3 rings (SSSR count). The van der Waals surface area contributed by atoms with Crippen LogP contribution in [0.25, 0.3) is 10.2 Å². The first-order chi connectivity index (χ1) is 11.1. The maximum atomic E-state index is 12.4. The smallest absolute Gasteiger partial charge is 0.240 e. The molecule has 0 aliphatic heterocycles. The van der Waals surface area contributed by atoms with Crippen LogP contribution in [0.2, 0.25) is 0 Å². The van der Waals surface area contributed by atoms with E-state index in [1.54, 1.807) is 16.2 Å². The average molecular weight is 325 g/mol. The number of carbonyl (C=O) groups excluding carboxylic acids is 1. The van der Waals surface area contributed by atoms with Crippen LogP contribution in [0.4, 0.5) is 5.69 Å². The molecule has 3 aromatic rings. The zero-order valence-corrected chi connectivity index (χ0v) is 14.1. The lowest BCUT2D eigenvalue weighted by Gasteiger charge is -2.21. The Balaban J connectivity index is 1.62. The van der Waals surface area contributed by atoms with Crippen LogP contribution < -0.4 is 4.90 Å². The van der Waals surface area contributed by atoms with Crippen LogP contribution in [0.5, 0.6) is 0 Å². The second-order valence-electron chi connectivity index (χ2n) is 5.54. The van der Waals surface area contributed by atoms with Crippen molar-refractivity contribution in [3.8, 4) is 0 Å². The fraction of sp³-hybridized carbons (Fsp3) is 0.222. The lowest BCUT2D eigenvalue weighted by Crippen LogP contribution is -2.36. The highest BCUT2D eigenvalue weighted by Crippen LogP contribution is 2.22. The van der Waals surface area contributed by atoms with Gasteiger partial charge in [0.1, 0.15) is 5.01 Å². The molecular formula is C18H19N3OS. The van der Waals surface area contributed by atoms with Crippen LogP contribution in [0.15, 0.2) is 54.6 Å². The van der Waals surface area contributed by atoms with Crippen molar-refractivity contribution in [2.75, 3.05) is 25.5 Å². The van der Waals surface area contributed by atoms with Gasteiger partial charge in [-0.1, -0.05) is 30.3 Å². The summed E-state index contributed by atoms with van der Waals surface area (Å²) >= 11 is 1.68. The molecule has 5 heteroatoms. The van der Waals surface area contributed by atoms with E-state index < -0.39 is 0 Å². The molecule has 0 saturated heterocycles. The Hall–Kier alpha value is -2.24. The van der Waals surface area contributed by atoms with Gasteiger partial charge in [-0.2, -0.15) is 0 Å². The van der Waals surface area contributed by atoms with Crippen LogP contribution in [0, 0.1) is 0 Å². The summed E-state index contributed by atoms with van der Waals surface area (Å²) < 4.78 is 1.18. The van der Waals surface area contributed by atoms with Crippen LogP contribution in [0.1, 0.15) is 5.01 Å². The van der Waals surface area contributed by atoms with Crippen molar-refractivity contribution in [2.24, 2.45) is 0 Å². The van der Waals surface area contributed by atoms with Crippen LogP contribution in [-0.2, 0) is 11.3 Å². The van der Waals surface area contributed by atoms with E-state index in [4.69, 9.17) is 0 Å². The Labute approximate surface area is 140 Å². The van der Waals surface area contributed by atoms with Gasteiger partial charge in [0, 0.05) is 12.7 Å². The van der Waals surface area contributed by atoms with Crippen LogP contribution >= 0.6 is 11.3 Å². The number of para-hydroxylation sites is 2. The molecule has 23 heavy (non-hydrogen) atoms. The summed E-state index contributed by atoms with van der Waals surface area (Å²) in [6.45, 7) is 1.04. The number of rotatable bonds is 5. The number of carbonyl (C=O) groups is 1. The van der Waals surface area contributed by atoms with Crippen molar-refractivity contribution in [1.82, 2.24) is 9.88 Å². The number of likely N-dealkylation sites (N-methyl/N-ethyl adjacent to an activating group) is 2. The van der Waals surface area contributed by atoms with Gasteiger partial charge in [-0.25, -0.2) is 4.98 Å². The van der Waals surface area contributed by atoms with E-state index in [-0.39, 0.29) is 5.91 Å². The summed E-state index contributed by atoms with van der Waals surface area (Å²) in [7, 11) is 3.76. The monoisotopic (exact) mass is 325 g/mol. The largest absolute Gasteiger partial charge is 0.314 e. The lowest BCUT2D eigenvalue weighted by molar-refractivity contribution is -0.119. The number of anilines is 1. The first-order valence-electron chi connectivity index (χ1n) is 7.48. The molecule has 118 valence electrons. The number of hydrogen-bond acceptors (Lipinski definition) is 4. The Morgan fingerprint density at radius 3 is 2.48 bits per heavy atom. The maximum Gasteiger partial charge on any atom is 0.240 e. The van der Waals surface area contributed by atoms with Crippen molar-refractivity contribution in [1.29, 1.82) is 0 Å². The fourth-order valence-electron chi connectivity index (χ4n) is 2.41. The van der Waals surface area contributed by atoms with Gasteiger partial charge in [0.05, 0.1) is 23.3 Å². The summed E-state index contributed by atoms with van der Waals surface area (Å²) in [6, 6.07) is 17.8. The summed E-state index contributed by atoms with van der Waals surface area (Å²) in [5.74, 6) is 0.0693. The van der Waals surface area contributed by atoms with Crippen molar-refractivity contribution in [3.63, 3.8) is 0 Å². The molecule has 1 amide bonds. The molecule has 0 unspecified atom stereocenters. The average Bonchev–Trinajstić information content (AvgIpc) is 2.96. The Morgan fingerprint density at radius 1 is 1.04 bits per heavy atom. The van der Waals surface area contributed by atoms with Crippen molar-refractivity contribution in [2.45, 2.75) is 6.54 Å². The number of benzene rings is 2. The Morgan fingerprint density at radius 2 is 1.74 bits per heavy atom. The van der Waals surface area contributed by atoms with E-state index in [0.717, 1.165) is 16.2 Å². The van der Waals surface area contributed by atoms with E-state index in [1.807, 2.05) is 67.5 Å². The molecule has 0 fully saturated rings. The van der Waals surface area contributed by atoms with E-state index in [1.165, 1.54) is 4.70 Å². The third kappa shape index (κ3) is 3.75. The van der Waals surface area contributed by atoms with Gasteiger partial charge in [-0.05, 0) is 31.3 Å². The first kappa shape index (κ1) is 15.6. The van der Waals surface area contributed by atoms with Gasteiger partial charge in [0.25, 0.3) is 0 Å². The minimum atomic E-state index is 0.0693. The summed E-state index contributed by atoms with van der Waals surface area (Å²) in [5.41, 5.74) is 1.93. The lowest BCUT2D eigenvalue weighted by atomic mass is 10.3. The van der Waals surface area contributed by atoms with Gasteiger partial charge >= 0.3 is 0 Å². The molecule has 1 aromatic heterocycles. The number of nitrogens with zero attached hydrogens (tertiary/aromatic N) is 3. The molecule has 1 heterocycles. The third-order valence-corrected chi connectivity index (χ3v) is 4.69. The molecule has 0 aliphatic carbocycles. The number of amides is 1. The topological polar surface area (TPSA) is 36.4 Å². The Bertz CT molecular complexity index is 767. The van der Waals surface area contributed by atoms with E-state index in [2.05, 4.69) is 11.1 Å². The minimum absolute atomic E-state index is 0.0693. The highest BCUT2D eigenvalue weighted by Gasteiger charge is 2.14. The summed E-state index contributed by atoms with van der Waals surface area (Å²) in [5, 5.41) is 1.03. The molecular weight excluding hydrogens is 306 g/mol. The second kappa shape index (κ2) is 6.89. The highest BCUT2D eigenvalue weighted by molar-refractivity contribution is 7.18. The maximum absolute atomic E-state index is 12.4. The number of hydrogen-bond donors (Lipinski definition) is 0. The van der Waals surface area contributed by atoms with Crippen LogP contribution in [-0.4, -0.2) is 36.4 Å². The van der Waals surface area contributed by atoms with E-state index >= 15 is 0 Å². The molecule has 0 aliphatic rings. The van der Waals surface area contributed by atoms with Gasteiger partial charge in [-0.15, -0.1) is 11.3 Å². The zero-order valence-electron chi connectivity index (χ0n) is 13.3. The number of fused-ring (bicyclic) bond motifs is 1. The minimum Gasteiger partial charge on any atom is -0.314 e. The Kier molecular flexibility index (Phi) is 4.69. The van der Waals surface area contributed by atoms with Crippen molar-refractivity contribution >= 4 is 33.1 Å². The molecule has 0 bridgehead atoms. The second-order valence-corrected chi connectivity index (χ2v) is 6.65. The number of aromatic nitrogens is 1. The molecule has 0 saturated carbocycles. The molecule has 0 N–H and O–H groups in total. The predicted octanol–water partition coefficient (Wildman–Crippen LogP) is 3.39. The quantitative estimate of drug-likeness (QED) is 0.721. The predicted molar refractivity (Wildman–Crippen MR) is 95.8 cm³/mol. The van der Waals surface area contributed by atoms with Crippen molar-refractivity contribution in [3.05, 3.63) is 59.6 Å². The van der Waals surface area contributed by atoms with Gasteiger partial charge in [0.15, 0.2) is 0 Å². The summed E-state index contributed by atoms with van der Waals surface area (Å²) in [6.07, 6.45) is 0. The SMILES string of the molecule is CN(CC(=O)N(C)c1ccccc1)Cc1nc2ccccc2s1. The zero-order chi connectivity index (χ0) is 16.2. The number of thiazole rings is 1.